The van der Waals surface area contributed by atoms with E-state index in [1.54, 1.807) is 49.9 Å². The maximum absolute atomic E-state index is 13.1. The van der Waals surface area contributed by atoms with Gasteiger partial charge in [-0.15, -0.1) is 0 Å². The second-order valence-corrected chi connectivity index (χ2v) is 11.1. The number of alkyl carbamates (subject to hydrolysis) is 1. The number of hydrogen-bond donors (Lipinski definition) is 1. The molecular formula is C30H38N4O7. The van der Waals surface area contributed by atoms with Crippen LogP contribution >= 0.6 is 0 Å². The van der Waals surface area contributed by atoms with Crippen LogP contribution in [0.25, 0.3) is 0 Å². The third-order valence-electron chi connectivity index (χ3n) is 6.73. The van der Waals surface area contributed by atoms with Crippen molar-refractivity contribution in [1.29, 1.82) is 0 Å². The van der Waals surface area contributed by atoms with E-state index in [4.69, 9.17) is 14.2 Å². The summed E-state index contributed by atoms with van der Waals surface area (Å²) in [5, 5.41) is 2.70. The van der Waals surface area contributed by atoms with Gasteiger partial charge in [0.2, 0.25) is 0 Å². The van der Waals surface area contributed by atoms with Crippen molar-refractivity contribution in [2.45, 2.75) is 52.0 Å². The molecule has 1 unspecified atom stereocenters. The highest BCUT2D eigenvalue weighted by molar-refractivity contribution is 5.95. The first kappa shape index (κ1) is 29.9. The van der Waals surface area contributed by atoms with Gasteiger partial charge in [0.25, 0.3) is 5.91 Å². The molecule has 2 heterocycles. The largest absolute Gasteiger partial charge is 0.461 e. The van der Waals surface area contributed by atoms with Crippen LogP contribution in [0.2, 0.25) is 0 Å². The molecule has 220 valence electrons. The Morgan fingerprint density at radius 2 is 1.63 bits per heavy atom. The molecule has 2 fully saturated rings. The zero-order valence-electron chi connectivity index (χ0n) is 23.8. The summed E-state index contributed by atoms with van der Waals surface area (Å²) in [6, 6.07) is 16.6. The SMILES string of the molecule is CC(C)(C)OC(=O)NCc1ccc(N2CC(C(=O)N3CCN(CCC(=O)OCc4ccccc4)CC3)OC2=O)cc1. The Morgan fingerprint density at radius 1 is 0.951 bits per heavy atom. The summed E-state index contributed by atoms with van der Waals surface area (Å²) in [4.78, 5) is 54.9. The maximum Gasteiger partial charge on any atom is 0.415 e. The Hall–Kier alpha value is -4.12. The van der Waals surface area contributed by atoms with E-state index in [0.29, 0.717) is 38.4 Å². The van der Waals surface area contributed by atoms with Gasteiger partial charge in [-0.3, -0.25) is 19.4 Å². The number of carbonyl (C=O) groups is 4. The van der Waals surface area contributed by atoms with Gasteiger partial charge in [0.05, 0.1) is 13.0 Å². The van der Waals surface area contributed by atoms with Gasteiger partial charge in [0.1, 0.15) is 12.2 Å². The molecule has 1 N–H and O–H groups in total. The quantitative estimate of drug-likeness (QED) is 0.363. The van der Waals surface area contributed by atoms with Gasteiger partial charge in [0, 0.05) is 45.0 Å². The number of ether oxygens (including phenoxy) is 3. The summed E-state index contributed by atoms with van der Waals surface area (Å²) >= 11 is 0. The van der Waals surface area contributed by atoms with Crippen molar-refractivity contribution >= 4 is 29.8 Å². The van der Waals surface area contributed by atoms with Crippen molar-refractivity contribution in [3.63, 3.8) is 0 Å². The molecule has 2 aromatic carbocycles. The van der Waals surface area contributed by atoms with Crippen LogP contribution in [0, 0.1) is 0 Å². The van der Waals surface area contributed by atoms with E-state index in [1.165, 1.54) is 4.90 Å². The average Bonchev–Trinajstić information content (AvgIpc) is 3.35. The molecule has 2 aromatic rings. The highest BCUT2D eigenvalue weighted by atomic mass is 16.6. The van der Waals surface area contributed by atoms with Crippen molar-refractivity contribution in [3.8, 4) is 0 Å². The lowest BCUT2D eigenvalue weighted by Crippen LogP contribution is -2.52. The number of cyclic esters (lactones) is 1. The molecule has 0 aliphatic carbocycles. The Morgan fingerprint density at radius 3 is 2.29 bits per heavy atom. The van der Waals surface area contributed by atoms with Crippen molar-refractivity contribution in [2.24, 2.45) is 0 Å². The molecule has 0 spiro atoms. The van der Waals surface area contributed by atoms with E-state index in [-0.39, 0.29) is 38.0 Å². The number of nitrogens with one attached hydrogen (secondary N) is 1. The third kappa shape index (κ3) is 8.94. The van der Waals surface area contributed by atoms with Crippen LogP contribution in [-0.4, -0.2) is 84.8 Å². The molecule has 41 heavy (non-hydrogen) atoms. The minimum absolute atomic E-state index is 0.126. The molecule has 0 radical (unpaired) electrons. The summed E-state index contributed by atoms with van der Waals surface area (Å²) < 4.78 is 16.0. The van der Waals surface area contributed by atoms with Gasteiger partial charge >= 0.3 is 18.2 Å². The molecule has 2 aliphatic heterocycles. The van der Waals surface area contributed by atoms with Crippen molar-refractivity contribution < 1.29 is 33.4 Å². The van der Waals surface area contributed by atoms with Gasteiger partial charge in [0.15, 0.2) is 6.10 Å². The van der Waals surface area contributed by atoms with Crippen LogP contribution in [0.15, 0.2) is 54.6 Å². The normalized spacial score (nSPS) is 17.6. The van der Waals surface area contributed by atoms with Crippen LogP contribution in [0.4, 0.5) is 15.3 Å². The van der Waals surface area contributed by atoms with Gasteiger partial charge in [-0.05, 0) is 44.0 Å². The molecule has 11 nitrogen and oxygen atoms in total. The number of esters is 1. The zero-order valence-corrected chi connectivity index (χ0v) is 23.8. The fraction of sp³-hybridized carbons (Fsp3) is 0.467. The van der Waals surface area contributed by atoms with E-state index < -0.39 is 23.9 Å². The fourth-order valence-electron chi connectivity index (χ4n) is 4.54. The number of anilines is 1. The predicted molar refractivity (Wildman–Crippen MR) is 151 cm³/mol. The Balaban J connectivity index is 1.18. The van der Waals surface area contributed by atoms with E-state index in [2.05, 4.69) is 10.2 Å². The maximum atomic E-state index is 13.1. The van der Waals surface area contributed by atoms with E-state index in [9.17, 15) is 19.2 Å². The molecule has 2 aliphatic rings. The molecule has 1 atom stereocenters. The van der Waals surface area contributed by atoms with Gasteiger partial charge < -0.3 is 24.4 Å². The number of nitrogens with zero attached hydrogens (tertiary/aromatic N) is 3. The van der Waals surface area contributed by atoms with Crippen LogP contribution in [0.5, 0.6) is 0 Å². The second-order valence-electron chi connectivity index (χ2n) is 11.1. The van der Waals surface area contributed by atoms with Gasteiger partial charge in [-0.25, -0.2) is 9.59 Å². The topological polar surface area (TPSA) is 118 Å². The fourth-order valence-corrected chi connectivity index (χ4v) is 4.54. The number of amides is 3. The molecular weight excluding hydrogens is 528 g/mol. The average molecular weight is 567 g/mol. The highest BCUT2D eigenvalue weighted by Gasteiger charge is 2.39. The molecule has 2 saturated heterocycles. The molecule has 0 bridgehead atoms. The van der Waals surface area contributed by atoms with Gasteiger partial charge in [-0.2, -0.15) is 0 Å². The number of hydrogen-bond acceptors (Lipinski definition) is 8. The monoisotopic (exact) mass is 566 g/mol. The van der Waals surface area contributed by atoms with E-state index >= 15 is 0 Å². The minimum atomic E-state index is -0.879. The van der Waals surface area contributed by atoms with E-state index in [1.807, 2.05) is 30.3 Å². The Bertz CT molecular complexity index is 1210. The molecule has 0 aromatic heterocycles. The summed E-state index contributed by atoms with van der Waals surface area (Å²) in [6.07, 6.45) is -1.68. The second kappa shape index (κ2) is 13.5. The molecule has 11 heteroatoms. The first-order chi connectivity index (χ1) is 19.6. The van der Waals surface area contributed by atoms with Crippen molar-refractivity contribution in [3.05, 3.63) is 65.7 Å². The van der Waals surface area contributed by atoms with Crippen molar-refractivity contribution in [2.75, 3.05) is 44.2 Å². The van der Waals surface area contributed by atoms with Crippen LogP contribution in [-0.2, 0) is 37.0 Å². The minimum Gasteiger partial charge on any atom is -0.461 e. The number of benzene rings is 2. The van der Waals surface area contributed by atoms with Crippen LogP contribution < -0.4 is 10.2 Å². The Labute approximate surface area is 240 Å². The smallest absolute Gasteiger partial charge is 0.415 e. The van der Waals surface area contributed by atoms with Crippen molar-refractivity contribution in [1.82, 2.24) is 15.1 Å². The first-order valence-corrected chi connectivity index (χ1v) is 13.8. The number of carbonyl (C=O) groups excluding carboxylic acids is 4. The first-order valence-electron chi connectivity index (χ1n) is 13.8. The number of piperazine rings is 1. The lowest BCUT2D eigenvalue weighted by molar-refractivity contribution is -0.146. The lowest BCUT2D eigenvalue weighted by atomic mass is 10.2. The summed E-state index contributed by atoms with van der Waals surface area (Å²) in [5.74, 6) is -0.474. The molecule has 3 amide bonds. The van der Waals surface area contributed by atoms with E-state index in [0.717, 1.165) is 11.1 Å². The van der Waals surface area contributed by atoms with Crippen LogP contribution in [0.3, 0.4) is 0 Å². The Kier molecular flexibility index (Phi) is 9.82. The standard InChI is InChI=1S/C30H38N4O7/c1-30(2,3)41-28(37)31-19-22-9-11-24(12-10-22)34-20-25(40-29(34)38)27(36)33-17-15-32(16-18-33)14-13-26(35)39-21-23-7-5-4-6-8-23/h4-12,25H,13-21H2,1-3H3,(H,31,37). The van der Waals surface area contributed by atoms with Gasteiger partial charge in [-0.1, -0.05) is 42.5 Å². The molecule has 0 saturated carbocycles. The zero-order chi connectivity index (χ0) is 29.4. The number of rotatable bonds is 9. The molecule has 4 rings (SSSR count). The summed E-state index contributed by atoms with van der Waals surface area (Å²) in [5.41, 5.74) is 1.81. The summed E-state index contributed by atoms with van der Waals surface area (Å²) in [6.45, 7) is 8.84. The summed E-state index contributed by atoms with van der Waals surface area (Å²) in [7, 11) is 0. The highest BCUT2D eigenvalue weighted by Crippen LogP contribution is 2.23. The third-order valence-corrected chi connectivity index (χ3v) is 6.73. The predicted octanol–water partition coefficient (Wildman–Crippen LogP) is 3.31. The lowest BCUT2D eigenvalue weighted by Gasteiger charge is -2.35. The van der Waals surface area contributed by atoms with Crippen LogP contribution in [0.1, 0.15) is 38.3 Å².